The largest absolute Gasteiger partial charge is 0.396 e. The molecule has 0 amide bonds. The van der Waals surface area contributed by atoms with E-state index in [1.54, 1.807) is 12.1 Å². The first-order valence-electron chi connectivity index (χ1n) is 7.10. The van der Waals surface area contributed by atoms with Crippen LogP contribution in [0.4, 0.5) is 4.39 Å². The molecule has 2 nitrogen and oxygen atoms in total. The molecule has 2 N–H and O–H groups in total. The fourth-order valence-electron chi connectivity index (χ4n) is 2.63. The third-order valence-corrected chi connectivity index (χ3v) is 4.12. The average Bonchev–Trinajstić information content (AvgIpc) is 2.26. The Morgan fingerprint density at radius 3 is 2.74 bits per heavy atom. The molecular weight excluding hydrogens is 241 g/mol. The van der Waals surface area contributed by atoms with Crippen LogP contribution >= 0.6 is 0 Å². The van der Waals surface area contributed by atoms with Crippen LogP contribution in [0.25, 0.3) is 0 Å². The van der Waals surface area contributed by atoms with Crippen LogP contribution in [0.2, 0.25) is 0 Å². The van der Waals surface area contributed by atoms with Crippen LogP contribution in [-0.4, -0.2) is 24.3 Å². The number of benzene rings is 1. The van der Waals surface area contributed by atoms with Crippen molar-refractivity contribution in [2.45, 2.75) is 45.1 Å². The number of aliphatic hydroxyl groups excluding tert-OH is 1. The molecule has 0 radical (unpaired) electrons. The molecule has 0 heterocycles. The number of halogens is 1. The van der Waals surface area contributed by atoms with E-state index in [0.717, 1.165) is 31.4 Å². The minimum atomic E-state index is -0.141. The first-order chi connectivity index (χ1) is 9.00. The Kier molecular flexibility index (Phi) is 4.58. The quantitative estimate of drug-likeness (QED) is 0.828. The smallest absolute Gasteiger partial charge is 0.123 e. The van der Waals surface area contributed by atoms with Crippen LogP contribution in [0.1, 0.15) is 44.6 Å². The molecule has 1 saturated carbocycles. The zero-order valence-electron chi connectivity index (χ0n) is 11.8. The van der Waals surface area contributed by atoms with E-state index in [1.807, 2.05) is 6.07 Å². The molecule has 0 spiro atoms. The van der Waals surface area contributed by atoms with Crippen LogP contribution in [0.5, 0.6) is 0 Å². The highest BCUT2D eigenvalue weighted by atomic mass is 19.1. The second kappa shape index (κ2) is 6.02. The van der Waals surface area contributed by atoms with Gasteiger partial charge in [-0.2, -0.15) is 0 Å². The van der Waals surface area contributed by atoms with Crippen LogP contribution in [0.3, 0.4) is 0 Å². The molecule has 1 aromatic rings. The van der Waals surface area contributed by atoms with Gasteiger partial charge in [-0.15, -0.1) is 0 Å². The molecule has 19 heavy (non-hydrogen) atoms. The molecule has 0 bridgehead atoms. The maximum absolute atomic E-state index is 13.1. The summed E-state index contributed by atoms with van der Waals surface area (Å²) in [5.74, 6) is 0.354. The third-order valence-electron chi connectivity index (χ3n) is 4.12. The van der Waals surface area contributed by atoms with Gasteiger partial charge in [0.2, 0.25) is 0 Å². The monoisotopic (exact) mass is 265 g/mol. The summed E-state index contributed by atoms with van der Waals surface area (Å²) in [6.07, 6.45) is 2.98. The van der Waals surface area contributed by atoms with Crippen molar-refractivity contribution >= 4 is 0 Å². The third kappa shape index (κ3) is 4.02. The Morgan fingerprint density at radius 1 is 1.37 bits per heavy atom. The van der Waals surface area contributed by atoms with Crippen LogP contribution in [-0.2, 0) is 0 Å². The van der Waals surface area contributed by atoms with Gasteiger partial charge in [0.15, 0.2) is 0 Å². The van der Waals surface area contributed by atoms with E-state index in [4.69, 9.17) is 5.11 Å². The summed E-state index contributed by atoms with van der Waals surface area (Å²) in [6.45, 7) is 5.50. The van der Waals surface area contributed by atoms with Crippen molar-refractivity contribution in [2.75, 3.05) is 13.2 Å². The molecule has 0 aromatic heterocycles. The molecular formula is C16H24FNO. The lowest BCUT2D eigenvalue weighted by molar-refractivity contribution is 0.187. The minimum Gasteiger partial charge on any atom is -0.396 e. The second-order valence-corrected chi connectivity index (χ2v) is 6.44. The lowest BCUT2D eigenvalue weighted by Gasteiger charge is -2.38. The van der Waals surface area contributed by atoms with Crippen molar-refractivity contribution in [2.24, 2.45) is 5.41 Å². The van der Waals surface area contributed by atoms with Gasteiger partial charge < -0.3 is 10.4 Å². The predicted molar refractivity (Wildman–Crippen MR) is 75.6 cm³/mol. The number of aliphatic hydroxyl groups is 1. The highest BCUT2D eigenvalue weighted by Crippen LogP contribution is 2.37. The van der Waals surface area contributed by atoms with Gasteiger partial charge in [-0.3, -0.25) is 0 Å². The molecule has 1 fully saturated rings. The maximum atomic E-state index is 13.1. The predicted octanol–water partition coefficient (Wildman–Crippen LogP) is 3.07. The molecule has 1 aliphatic rings. The van der Waals surface area contributed by atoms with Crippen molar-refractivity contribution in [3.05, 3.63) is 35.6 Å². The van der Waals surface area contributed by atoms with Gasteiger partial charge in [0, 0.05) is 19.2 Å². The molecule has 0 unspecified atom stereocenters. The number of rotatable bonds is 6. The first-order valence-corrected chi connectivity index (χ1v) is 7.10. The fraction of sp³-hybridized carbons (Fsp3) is 0.625. The number of hydrogen-bond acceptors (Lipinski definition) is 2. The average molecular weight is 265 g/mol. The van der Waals surface area contributed by atoms with E-state index < -0.39 is 0 Å². The summed E-state index contributed by atoms with van der Waals surface area (Å²) >= 11 is 0. The molecule has 1 aromatic carbocycles. The zero-order chi connectivity index (χ0) is 13.9. The normalized spacial score (nSPS) is 23.2. The summed E-state index contributed by atoms with van der Waals surface area (Å²) in [4.78, 5) is 0. The lowest BCUT2D eigenvalue weighted by atomic mass is 9.75. The van der Waals surface area contributed by atoms with Crippen LogP contribution in [0.15, 0.2) is 24.3 Å². The van der Waals surface area contributed by atoms with E-state index in [0.29, 0.717) is 12.0 Å². The molecule has 106 valence electrons. The van der Waals surface area contributed by atoms with Gasteiger partial charge >= 0.3 is 0 Å². The van der Waals surface area contributed by atoms with Crippen molar-refractivity contribution in [3.63, 3.8) is 0 Å². The van der Waals surface area contributed by atoms with Gasteiger partial charge in [-0.05, 0) is 48.3 Å². The van der Waals surface area contributed by atoms with Crippen molar-refractivity contribution < 1.29 is 9.50 Å². The maximum Gasteiger partial charge on any atom is 0.123 e. The highest BCUT2D eigenvalue weighted by molar-refractivity contribution is 5.23. The summed E-state index contributed by atoms with van der Waals surface area (Å²) in [5, 5.41) is 12.5. The standard InChI is InChI=1S/C16H24FNO/c1-16(2,6-7-19)11-18-15-9-13(10-15)12-4-3-5-14(17)8-12/h3-5,8,13,15,18-19H,6-7,9-11H2,1-2H3. The van der Waals surface area contributed by atoms with E-state index in [2.05, 4.69) is 19.2 Å². The van der Waals surface area contributed by atoms with Gasteiger partial charge in [0.05, 0.1) is 0 Å². The van der Waals surface area contributed by atoms with Crippen molar-refractivity contribution in [1.29, 1.82) is 0 Å². The highest BCUT2D eigenvalue weighted by Gasteiger charge is 2.31. The molecule has 0 saturated heterocycles. The first kappa shape index (κ1) is 14.5. The number of hydrogen-bond donors (Lipinski definition) is 2. The summed E-state index contributed by atoms with van der Waals surface area (Å²) in [5.41, 5.74) is 1.26. The van der Waals surface area contributed by atoms with Gasteiger partial charge in [0.1, 0.15) is 5.82 Å². The lowest BCUT2D eigenvalue weighted by Crippen LogP contribution is -2.44. The Morgan fingerprint density at radius 2 is 2.11 bits per heavy atom. The molecule has 1 aliphatic carbocycles. The molecule has 0 aliphatic heterocycles. The topological polar surface area (TPSA) is 32.3 Å². The minimum absolute atomic E-state index is 0.138. The van der Waals surface area contributed by atoms with Crippen molar-refractivity contribution in [1.82, 2.24) is 5.32 Å². The zero-order valence-corrected chi connectivity index (χ0v) is 11.8. The Labute approximate surface area is 115 Å². The van der Waals surface area contributed by atoms with Crippen molar-refractivity contribution in [3.8, 4) is 0 Å². The summed E-state index contributed by atoms with van der Waals surface area (Å²) in [6, 6.07) is 7.48. The van der Waals surface area contributed by atoms with Crippen LogP contribution in [0, 0.1) is 11.2 Å². The Bertz CT molecular complexity index is 413. The SMILES string of the molecule is CC(C)(CCO)CNC1CC(c2cccc(F)c2)C1. The summed E-state index contributed by atoms with van der Waals surface area (Å²) in [7, 11) is 0. The second-order valence-electron chi connectivity index (χ2n) is 6.44. The number of nitrogens with one attached hydrogen (secondary N) is 1. The molecule has 0 atom stereocenters. The van der Waals surface area contributed by atoms with E-state index in [1.165, 1.54) is 6.07 Å². The summed E-state index contributed by atoms with van der Waals surface area (Å²) < 4.78 is 13.1. The van der Waals surface area contributed by atoms with Gasteiger partial charge in [0.25, 0.3) is 0 Å². The van der Waals surface area contributed by atoms with E-state index in [9.17, 15) is 4.39 Å². The Balaban J connectivity index is 1.75. The van der Waals surface area contributed by atoms with Gasteiger partial charge in [-0.1, -0.05) is 26.0 Å². The van der Waals surface area contributed by atoms with Crippen LogP contribution < -0.4 is 5.32 Å². The van der Waals surface area contributed by atoms with E-state index in [-0.39, 0.29) is 17.8 Å². The molecule has 2 rings (SSSR count). The van der Waals surface area contributed by atoms with Gasteiger partial charge in [-0.25, -0.2) is 4.39 Å². The Hall–Kier alpha value is -0.930. The fourth-order valence-corrected chi connectivity index (χ4v) is 2.63. The van der Waals surface area contributed by atoms with E-state index >= 15 is 0 Å². The molecule has 3 heteroatoms.